The number of aryl methyl sites for hydroxylation is 3. The molecule has 0 radical (unpaired) electrons. The third-order valence-corrected chi connectivity index (χ3v) is 3.20. The Morgan fingerprint density at radius 1 is 1.13 bits per heavy atom. The van der Waals surface area contributed by atoms with E-state index in [4.69, 9.17) is 5.73 Å². The smallest absolute Gasteiger partial charge is 0.248 e. The first kappa shape index (κ1) is 10.2. The van der Waals surface area contributed by atoms with Crippen molar-refractivity contribution >= 4 is 5.91 Å². The first-order chi connectivity index (χ1) is 7.18. The zero-order valence-corrected chi connectivity index (χ0v) is 9.18. The summed E-state index contributed by atoms with van der Waals surface area (Å²) in [7, 11) is 0. The largest absolute Gasteiger partial charge is 0.366 e. The van der Waals surface area contributed by atoms with Crippen LogP contribution in [0.25, 0.3) is 0 Å². The summed E-state index contributed by atoms with van der Waals surface area (Å²) in [5.41, 5.74) is 9.79. The monoisotopic (exact) mass is 203 g/mol. The number of fused-ring (bicyclic) bond motifs is 1. The van der Waals surface area contributed by atoms with Crippen LogP contribution in [-0.4, -0.2) is 5.91 Å². The molecule has 0 aromatic heterocycles. The highest BCUT2D eigenvalue weighted by Gasteiger charge is 2.12. The predicted octanol–water partition coefficient (Wildman–Crippen LogP) is 2.36. The molecule has 2 N–H and O–H groups in total. The minimum atomic E-state index is -0.306. The van der Waals surface area contributed by atoms with Crippen LogP contribution in [0.3, 0.4) is 0 Å². The maximum absolute atomic E-state index is 11.2. The van der Waals surface area contributed by atoms with E-state index in [1.54, 1.807) is 0 Å². The molecule has 1 aliphatic rings. The van der Waals surface area contributed by atoms with Gasteiger partial charge >= 0.3 is 0 Å². The molecule has 0 spiro atoms. The Morgan fingerprint density at radius 3 is 2.33 bits per heavy atom. The Morgan fingerprint density at radius 2 is 1.73 bits per heavy atom. The van der Waals surface area contributed by atoms with Crippen LogP contribution in [0.1, 0.15) is 46.3 Å². The van der Waals surface area contributed by atoms with Crippen LogP contribution in [-0.2, 0) is 12.8 Å². The Balaban J connectivity index is 2.47. The molecule has 0 saturated heterocycles. The molecular formula is C13H17NO. The third-order valence-electron chi connectivity index (χ3n) is 3.20. The molecule has 0 saturated carbocycles. The molecule has 0 atom stereocenters. The maximum Gasteiger partial charge on any atom is 0.248 e. The molecule has 2 rings (SSSR count). The number of benzene rings is 1. The number of amides is 1. The highest BCUT2D eigenvalue weighted by Crippen LogP contribution is 2.23. The molecule has 2 nitrogen and oxygen atoms in total. The van der Waals surface area contributed by atoms with Gasteiger partial charge in [0.05, 0.1) is 0 Å². The zero-order valence-electron chi connectivity index (χ0n) is 9.18. The van der Waals surface area contributed by atoms with Crippen molar-refractivity contribution < 1.29 is 4.79 Å². The van der Waals surface area contributed by atoms with Gasteiger partial charge in [-0.2, -0.15) is 0 Å². The van der Waals surface area contributed by atoms with Gasteiger partial charge in [-0.3, -0.25) is 4.79 Å². The maximum atomic E-state index is 11.2. The van der Waals surface area contributed by atoms with Crippen LogP contribution >= 0.6 is 0 Å². The fourth-order valence-corrected chi connectivity index (χ4v) is 2.35. The van der Waals surface area contributed by atoms with Crippen molar-refractivity contribution in [1.82, 2.24) is 0 Å². The van der Waals surface area contributed by atoms with Crippen LogP contribution in [0.5, 0.6) is 0 Å². The van der Waals surface area contributed by atoms with Crippen LogP contribution in [0.2, 0.25) is 0 Å². The summed E-state index contributed by atoms with van der Waals surface area (Å²) in [6, 6.07) is 4.14. The lowest BCUT2D eigenvalue weighted by Crippen LogP contribution is -2.13. The number of hydrogen-bond acceptors (Lipinski definition) is 1. The fraction of sp³-hybridized carbons (Fsp3) is 0.462. The average molecular weight is 203 g/mol. The standard InChI is InChI=1S/C13H17NO/c1-9-7-10-5-3-2-4-6-11(10)8-12(9)13(14)15/h7-8H,2-6H2,1H3,(H2,14,15). The van der Waals surface area contributed by atoms with Crippen molar-refractivity contribution in [1.29, 1.82) is 0 Å². The molecule has 80 valence electrons. The summed E-state index contributed by atoms with van der Waals surface area (Å²) in [5, 5.41) is 0. The van der Waals surface area contributed by atoms with Gasteiger partial charge in [0.1, 0.15) is 0 Å². The molecule has 0 aliphatic heterocycles. The Kier molecular flexibility index (Phi) is 2.76. The van der Waals surface area contributed by atoms with Crippen LogP contribution in [0, 0.1) is 6.92 Å². The molecular weight excluding hydrogens is 186 g/mol. The molecule has 0 heterocycles. The number of carbonyl (C=O) groups is 1. The summed E-state index contributed by atoms with van der Waals surface area (Å²) in [6.45, 7) is 1.96. The van der Waals surface area contributed by atoms with Crippen LogP contribution in [0.4, 0.5) is 0 Å². The minimum absolute atomic E-state index is 0.306. The molecule has 1 amide bonds. The second-order valence-electron chi connectivity index (χ2n) is 4.36. The van der Waals surface area contributed by atoms with E-state index in [1.807, 2.05) is 13.0 Å². The molecule has 0 fully saturated rings. The van der Waals surface area contributed by atoms with Crippen LogP contribution in [0.15, 0.2) is 12.1 Å². The SMILES string of the molecule is Cc1cc2c(cc1C(N)=O)CCCCC2. The summed E-state index contributed by atoms with van der Waals surface area (Å²) in [6.07, 6.45) is 6.03. The second-order valence-corrected chi connectivity index (χ2v) is 4.36. The van der Waals surface area contributed by atoms with Crippen molar-refractivity contribution in [2.75, 3.05) is 0 Å². The zero-order chi connectivity index (χ0) is 10.8. The van der Waals surface area contributed by atoms with E-state index in [1.165, 1.54) is 30.4 Å². The lowest BCUT2D eigenvalue weighted by molar-refractivity contribution is 0.0999. The number of hydrogen-bond donors (Lipinski definition) is 1. The van der Waals surface area contributed by atoms with Crippen LogP contribution < -0.4 is 5.73 Å². The molecule has 1 aliphatic carbocycles. The normalized spacial score (nSPS) is 15.5. The number of primary amides is 1. The van der Waals surface area contributed by atoms with E-state index in [0.717, 1.165) is 18.4 Å². The van der Waals surface area contributed by atoms with Gasteiger partial charge in [0, 0.05) is 5.56 Å². The topological polar surface area (TPSA) is 43.1 Å². The Bertz CT molecular complexity index is 396. The van der Waals surface area contributed by atoms with Crippen molar-refractivity contribution in [3.05, 3.63) is 34.4 Å². The summed E-state index contributed by atoms with van der Waals surface area (Å²) >= 11 is 0. The van der Waals surface area contributed by atoms with E-state index in [9.17, 15) is 4.79 Å². The number of rotatable bonds is 1. The van der Waals surface area contributed by atoms with Crippen molar-refractivity contribution in [2.45, 2.75) is 39.0 Å². The third kappa shape index (κ3) is 2.04. The highest BCUT2D eigenvalue weighted by atomic mass is 16.1. The summed E-state index contributed by atoms with van der Waals surface area (Å²) in [5.74, 6) is -0.306. The average Bonchev–Trinajstić information content (AvgIpc) is 2.40. The van der Waals surface area contributed by atoms with Gasteiger partial charge in [0.15, 0.2) is 0 Å². The van der Waals surface area contributed by atoms with Crippen molar-refractivity contribution in [3.63, 3.8) is 0 Å². The summed E-state index contributed by atoms with van der Waals surface area (Å²) in [4.78, 5) is 11.2. The second kappa shape index (κ2) is 4.05. The van der Waals surface area contributed by atoms with Gasteiger partial charge in [0.2, 0.25) is 5.91 Å². The Hall–Kier alpha value is -1.31. The van der Waals surface area contributed by atoms with Gasteiger partial charge < -0.3 is 5.73 Å². The van der Waals surface area contributed by atoms with E-state index in [0.29, 0.717) is 5.56 Å². The van der Waals surface area contributed by atoms with E-state index < -0.39 is 0 Å². The number of nitrogens with two attached hydrogens (primary N) is 1. The summed E-state index contributed by atoms with van der Waals surface area (Å²) < 4.78 is 0. The first-order valence-corrected chi connectivity index (χ1v) is 5.60. The van der Waals surface area contributed by atoms with Gasteiger partial charge in [-0.15, -0.1) is 0 Å². The van der Waals surface area contributed by atoms with E-state index in [-0.39, 0.29) is 5.91 Å². The lowest BCUT2D eigenvalue weighted by atomic mass is 9.96. The highest BCUT2D eigenvalue weighted by molar-refractivity contribution is 5.94. The molecule has 2 heteroatoms. The first-order valence-electron chi connectivity index (χ1n) is 5.60. The van der Waals surface area contributed by atoms with Gasteiger partial charge in [-0.05, 0) is 55.4 Å². The van der Waals surface area contributed by atoms with Crippen molar-refractivity contribution in [3.8, 4) is 0 Å². The fourth-order valence-electron chi connectivity index (χ4n) is 2.35. The van der Waals surface area contributed by atoms with Gasteiger partial charge in [-0.1, -0.05) is 12.5 Å². The minimum Gasteiger partial charge on any atom is -0.366 e. The van der Waals surface area contributed by atoms with Gasteiger partial charge in [0.25, 0.3) is 0 Å². The Labute approximate surface area is 90.5 Å². The predicted molar refractivity (Wildman–Crippen MR) is 61.0 cm³/mol. The number of carbonyl (C=O) groups excluding carboxylic acids is 1. The molecule has 15 heavy (non-hydrogen) atoms. The molecule has 1 aromatic carbocycles. The van der Waals surface area contributed by atoms with E-state index in [2.05, 4.69) is 6.07 Å². The lowest BCUT2D eigenvalue weighted by Gasteiger charge is -2.10. The molecule has 0 bridgehead atoms. The quantitative estimate of drug-likeness (QED) is 0.699. The van der Waals surface area contributed by atoms with Crippen molar-refractivity contribution in [2.24, 2.45) is 5.73 Å². The molecule has 1 aromatic rings. The van der Waals surface area contributed by atoms with E-state index >= 15 is 0 Å². The van der Waals surface area contributed by atoms with Gasteiger partial charge in [-0.25, -0.2) is 0 Å². The molecule has 0 unspecified atom stereocenters.